The molecule has 0 aliphatic rings. The fourth-order valence-corrected chi connectivity index (χ4v) is 3.19. The number of hydrogen-bond donors (Lipinski definition) is 2. The quantitative estimate of drug-likeness (QED) is 0.290. The molecule has 168 valence electrons. The topological polar surface area (TPSA) is 63.5 Å². The predicted molar refractivity (Wildman–Crippen MR) is 131 cm³/mol. The van der Waals surface area contributed by atoms with Gasteiger partial charge in [-0.3, -0.25) is 4.68 Å². The van der Waals surface area contributed by atoms with Crippen molar-refractivity contribution in [2.24, 2.45) is 12.0 Å². The molecule has 2 atom stereocenters. The van der Waals surface area contributed by atoms with Crippen LogP contribution in [-0.4, -0.2) is 41.0 Å². The van der Waals surface area contributed by atoms with Crippen LogP contribution in [0.2, 0.25) is 0 Å². The summed E-state index contributed by atoms with van der Waals surface area (Å²) in [5.74, 6) is 0.647. The van der Waals surface area contributed by atoms with Gasteiger partial charge in [-0.1, -0.05) is 19.1 Å². The van der Waals surface area contributed by atoms with Crippen LogP contribution in [0.3, 0.4) is 0 Å². The lowest BCUT2D eigenvalue weighted by atomic mass is 10.1. The van der Waals surface area contributed by atoms with Crippen LogP contribution in [0.4, 0.5) is 4.39 Å². The molecule has 1 aromatic heterocycles. The summed E-state index contributed by atoms with van der Waals surface area (Å²) in [4.78, 5) is 4.67. The van der Waals surface area contributed by atoms with Gasteiger partial charge in [-0.2, -0.15) is 5.10 Å². The summed E-state index contributed by atoms with van der Waals surface area (Å²) in [6, 6.07) is 6.65. The molecule has 0 bridgehead atoms. The summed E-state index contributed by atoms with van der Waals surface area (Å²) in [6.07, 6.45) is 1.40. The number of nitrogens with one attached hydrogen (secondary N) is 2. The minimum absolute atomic E-state index is 0. The Labute approximate surface area is 196 Å². The highest BCUT2D eigenvalue weighted by Gasteiger charge is 2.15. The molecule has 0 aliphatic carbocycles. The van der Waals surface area contributed by atoms with Crippen molar-refractivity contribution in [3.63, 3.8) is 0 Å². The van der Waals surface area contributed by atoms with Crippen molar-refractivity contribution < 1.29 is 9.13 Å². The first-order valence-corrected chi connectivity index (χ1v) is 10.3. The van der Waals surface area contributed by atoms with E-state index in [4.69, 9.17) is 4.74 Å². The molecule has 30 heavy (non-hydrogen) atoms. The van der Waals surface area contributed by atoms with Gasteiger partial charge in [-0.05, 0) is 58.2 Å². The molecule has 0 aliphatic heterocycles. The number of nitrogens with zero attached hydrogens (tertiary/aromatic N) is 3. The van der Waals surface area contributed by atoms with E-state index in [1.54, 1.807) is 18.2 Å². The number of ether oxygens (including phenoxy) is 1. The Hall–Kier alpha value is -1.84. The monoisotopic (exact) mass is 531 g/mol. The predicted octanol–water partition coefficient (Wildman–Crippen LogP) is 4.14. The van der Waals surface area contributed by atoms with Crippen molar-refractivity contribution in [1.29, 1.82) is 0 Å². The second kappa shape index (κ2) is 12.8. The molecular weight excluding hydrogens is 496 g/mol. The third kappa shape index (κ3) is 7.45. The molecule has 2 N–H and O–H groups in total. The maximum absolute atomic E-state index is 13.9. The van der Waals surface area contributed by atoms with Crippen LogP contribution in [0, 0.1) is 19.7 Å². The molecule has 1 heterocycles. The van der Waals surface area contributed by atoms with E-state index in [9.17, 15) is 4.39 Å². The van der Waals surface area contributed by atoms with Crippen LogP contribution < -0.4 is 15.4 Å². The average molecular weight is 531 g/mol. The van der Waals surface area contributed by atoms with Crippen LogP contribution >= 0.6 is 24.0 Å². The number of benzene rings is 1. The van der Waals surface area contributed by atoms with E-state index in [1.807, 2.05) is 32.5 Å². The maximum atomic E-state index is 13.9. The molecule has 8 heteroatoms. The van der Waals surface area contributed by atoms with Gasteiger partial charge in [-0.15, -0.1) is 24.0 Å². The van der Waals surface area contributed by atoms with Gasteiger partial charge < -0.3 is 15.4 Å². The summed E-state index contributed by atoms with van der Waals surface area (Å²) in [6.45, 7) is 11.5. The third-order valence-electron chi connectivity index (χ3n) is 4.94. The molecule has 2 aromatic rings. The maximum Gasteiger partial charge on any atom is 0.191 e. The van der Waals surface area contributed by atoms with Gasteiger partial charge in [0.25, 0.3) is 0 Å². The first-order chi connectivity index (χ1) is 13.8. The molecule has 1 aromatic carbocycles. The number of aromatic nitrogens is 2. The van der Waals surface area contributed by atoms with Crippen LogP contribution in [0.1, 0.15) is 44.1 Å². The zero-order chi connectivity index (χ0) is 21.4. The number of aliphatic imine (C=N–C) groups is 1. The molecule has 0 spiro atoms. The van der Waals surface area contributed by atoms with E-state index >= 15 is 0 Å². The van der Waals surface area contributed by atoms with Crippen molar-refractivity contribution in [2.45, 2.75) is 59.6 Å². The van der Waals surface area contributed by atoms with E-state index < -0.39 is 0 Å². The fourth-order valence-electron chi connectivity index (χ4n) is 3.19. The standard InChI is InChI=1S/C22H34FN5O.HI/c1-7-18(29-21-12-10-9-11-20(21)23)14-25-22(24-8-2)26-15(3)13-19-16(4)27-28(6)17(19)5;/h9-12,15,18H,7-8,13-14H2,1-6H3,(H2,24,25,26);1H. The van der Waals surface area contributed by atoms with Crippen LogP contribution in [-0.2, 0) is 13.5 Å². The fraction of sp³-hybridized carbons (Fsp3) is 0.545. The van der Waals surface area contributed by atoms with Gasteiger partial charge in [-0.25, -0.2) is 9.38 Å². The number of halogens is 2. The van der Waals surface area contributed by atoms with Crippen LogP contribution in [0.15, 0.2) is 29.3 Å². The first-order valence-electron chi connectivity index (χ1n) is 10.3. The highest BCUT2D eigenvalue weighted by Crippen LogP contribution is 2.18. The average Bonchev–Trinajstić information content (AvgIpc) is 2.92. The molecule has 6 nitrogen and oxygen atoms in total. The molecule has 0 saturated heterocycles. The Bertz CT molecular complexity index is 824. The zero-order valence-electron chi connectivity index (χ0n) is 18.8. The van der Waals surface area contributed by atoms with Crippen molar-refractivity contribution >= 4 is 29.9 Å². The second-order valence-corrected chi connectivity index (χ2v) is 7.32. The van der Waals surface area contributed by atoms with Crippen molar-refractivity contribution in [3.05, 3.63) is 47.0 Å². The van der Waals surface area contributed by atoms with Gasteiger partial charge >= 0.3 is 0 Å². The summed E-state index contributed by atoms with van der Waals surface area (Å²) < 4.78 is 21.6. The van der Waals surface area contributed by atoms with Crippen molar-refractivity contribution in [1.82, 2.24) is 20.4 Å². The van der Waals surface area contributed by atoms with E-state index in [2.05, 4.69) is 34.6 Å². The normalized spacial score (nSPS) is 13.4. The minimum atomic E-state index is -0.351. The van der Waals surface area contributed by atoms with E-state index in [1.165, 1.54) is 17.3 Å². The molecule has 0 amide bonds. The second-order valence-electron chi connectivity index (χ2n) is 7.32. The van der Waals surface area contributed by atoms with Crippen molar-refractivity contribution in [3.8, 4) is 5.75 Å². The Morgan fingerprint density at radius 1 is 1.27 bits per heavy atom. The van der Waals surface area contributed by atoms with Gasteiger partial charge in [0.1, 0.15) is 6.10 Å². The zero-order valence-corrected chi connectivity index (χ0v) is 21.2. The summed E-state index contributed by atoms with van der Waals surface area (Å²) in [7, 11) is 1.97. The Morgan fingerprint density at radius 2 is 1.97 bits per heavy atom. The van der Waals surface area contributed by atoms with Crippen LogP contribution in [0.5, 0.6) is 5.75 Å². The molecule has 0 saturated carbocycles. The minimum Gasteiger partial charge on any atom is -0.485 e. The van der Waals surface area contributed by atoms with Crippen molar-refractivity contribution in [2.75, 3.05) is 13.1 Å². The van der Waals surface area contributed by atoms with E-state index in [0.29, 0.717) is 6.54 Å². The molecule has 2 unspecified atom stereocenters. The van der Waals surface area contributed by atoms with Crippen LogP contribution in [0.25, 0.3) is 0 Å². The lowest BCUT2D eigenvalue weighted by Gasteiger charge is -2.20. The highest BCUT2D eigenvalue weighted by atomic mass is 127. The van der Waals surface area contributed by atoms with Gasteiger partial charge in [0.05, 0.1) is 12.2 Å². The molecule has 0 radical (unpaired) electrons. The van der Waals surface area contributed by atoms with Gasteiger partial charge in [0.15, 0.2) is 17.5 Å². The van der Waals surface area contributed by atoms with E-state index in [0.717, 1.165) is 31.0 Å². The summed E-state index contributed by atoms with van der Waals surface area (Å²) >= 11 is 0. The lowest BCUT2D eigenvalue weighted by Crippen LogP contribution is -2.43. The number of rotatable bonds is 9. The molecule has 0 fully saturated rings. The number of hydrogen-bond acceptors (Lipinski definition) is 3. The van der Waals surface area contributed by atoms with Gasteiger partial charge in [0, 0.05) is 25.3 Å². The largest absolute Gasteiger partial charge is 0.485 e. The highest BCUT2D eigenvalue weighted by molar-refractivity contribution is 14.0. The van der Waals surface area contributed by atoms with E-state index in [-0.39, 0.29) is 47.7 Å². The number of para-hydroxylation sites is 1. The Kier molecular flexibility index (Phi) is 11.1. The molecular formula is C22H35FIN5O. The number of guanidine groups is 1. The third-order valence-corrected chi connectivity index (χ3v) is 4.94. The number of aryl methyl sites for hydroxylation is 2. The Morgan fingerprint density at radius 3 is 2.53 bits per heavy atom. The Balaban J connectivity index is 0.00000450. The summed E-state index contributed by atoms with van der Waals surface area (Å²) in [5, 5.41) is 11.2. The first kappa shape index (κ1) is 26.2. The van der Waals surface area contributed by atoms with Gasteiger partial charge in [0.2, 0.25) is 0 Å². The smallest absolute Gasteiger partial charge is 0.191 e. The summed E-state index contributed by atoms with van der Waals surface area (Å²) in [5.41, 5.74) is 3.50. The SMILES string of the molecule is CCNC(=NCC(CC)Oc1ccccc1F)NC(C)Cc1c(C)nn(C)c1C.I. The lowest BCUT2D eigenvalue weighted by molar-refractivity contribution is 0.196. The molecule has 2 rings (SSSR count).